The largest absolute Gasteiger partial charge is 0.497 e. The lowest BCUT2D eigenvalue weighted by Gasteiger charge is -2.29. The van der Waals surface area contributed by atoms with Gasteiger partial charge in [-0.15, -0.1) is 0 Å². The third-order valence-corrected chi connectivity index (χ3v) is 6.89. The molecule has 1 N–H and O–H groups in total. The van der Waals surface area contributed by atoms with Crippen molar-refractivity contribution in [1.82, 2.24) is 4.90 Å². The van der Waals surface area contributed by atoms with Crippen LogP contribution >= 0.6 is 0 Å². The standard InChI is InChI=1S/C24H24N2O4S/c1-17-15-19(24(27)26-14-13-18-5-3-4-6-20(18)16-26)7-12-23(17)25-31(28,29)22-10-8-21(30-2)9-11-22/h3-12,15,25H,13-14,16H2,1-2H3. The predicted molar refractivity (Wildman–Crippen MR) is 120 cm³/mol. The highest BCUT2D eigenvalue weighted by molar-refractivity contribution is 7.92. The van der Waals surface area contributed by atoms with Crippen LogP contribution in [0, 0.1) is 6.92 Å². The number of hydrogen-bond acceptors (Lipinski definition) is 4. The Morgan fingerprint density at radius 2 is 1.71 bits per heavy atom. The molecule has 1 amide bonds. The first-order chi connectivity index (χ1) is 14.9. The molecule has 1 aliphatic heterocycles. The summed E-state index contributed by atoms with van der Waals surface area (Å²) in [4.78, 5) is 15.0. The van der Waals surface area contributed by atoms with Crippen LogP contribution in [0.5, 0.6) is 5.75 Å². The van der Waals surface area contributed by atoms with Crippen molar-refractivity contribution in [3.63, 3.8) is 0 Å². The predicted octanol–water partition coefficient (Wildman–Crippen LogP) is 4.00. The van der Waals surface area contributed by atoms with Crippen LogP contribution in [-0.4, -0.2) is 32.9 Å². The Labute approximate surface area is 182 Å². The zero-order valence-electron chi connectivity index (χ0n) is 17.5. The first kappa shape index (κ1) is 20.9. The summed E-state index contributed by atoms with van der Waals surface area (Å²) < 4.78 is 33.1. The maximum absolute atomic E-state index is 13.0. The Morgan fingerprint density at radius 1 is 1.00 bits per heavy atom. The number of ether oxygens (including phenoxy) is 1. The number of nitrogens with one attached hydrogen (secondary N) is 1. The molecule has 31 heavy (non-hydrogen) atoms. The summed E-state index contributed by atoms with van der Waals surface area (Å²) in [5.74, 6) is 0.528. The van der Waals surface area contributed by atoms with E-state index in [-0.39, 0.29) is 10.8 Å². The molecule has 7 heteroatoms. The van der Waals surface area contributed by atoms with Crippen LogP contribution < -0.4 is 9.46 Å². The number of anilines is 1. The van der Waals surface area contributed by atoms with Crippen molar-refractivity contribution >= 4 is 21.6 Å². The van der Waals surface area contributed by atoms with E-state index in [1.54, 1.807) is 37.3 Å². The molecule has 6 nitrogen and oxygen atoms in total. The van der Waals surface area contributed by atoms with Crippen LogP contribution in [0.2, 0.25) is 0 Å². The molecule has 1 aliphatic rings. The molecule has 0 unspecified atom stereocenters. The van der Waals surface area contributed by atoms with Gasteiger partial charge in [0.25, 0.3) is 15.9 Å². The number of benzene rings is 3. The first-order valence-electron chi connectivity index (χ1n) is 10.0. The van der Waals surface area contributed by atoms with Crippen LogP contribution in [0.1, 0.15) is 27.0 Å². The summed E-state index contributed by atoms with van der Waals surface area (Å²) >= 11 is 0. The molecular weight excluding hydrogens is 412 g/mol. The third-order valence-electron chi connectivity index (χ3n) is 5.51. The van der Waals surface area contributed by atoms with Gasteiger partial charge in [0.1, 0.15) is 5.75 Å². The maximum atomic E-state index is 13.0. The minimum absolute atomic E-state index is 0.0536. The van der Waals surface area contributed by atoms with Crippen LogP contribution in [0.15, 0.2) is 71.6 Å². The summed E-state index contributed by atoms with van der Waals surface area (Å²) in [6.07, 6.45) is 0.834. The SMILES string of the molecule is COc1ccc(S(=O)(=O)Nc2ccc(C(=O)N3CCc4ccccc4C3)cc2C)cc1. The van der Waals surface area contributed by atoms with E-state index in [9.17, 15) is 13.2 Å². The number of rotatable bonds is 5. The number of amides is 1. The van der Waals surface area contributed by atoms with E-state index in [4.69, 9.17) is 4.74 Å². The van der Waals surface area contributed by atoms with Crippen molar-refractivity contribution in [2.24, 2.45) is 0 Å². The average molecular weight is 437 g/mol. The molecular formula is C24H24N2O4S. The fourth-order valence-corrected chi connectivity index (χ4v) is 4.85. The molecule has 1 heterocycles. The molecule has 0 bridgehead atoms. The van der Waals surface area contributed by atoms with E-state index >= 15 is 0 Å². The van der Waals surface area contributed by atoms with Crippen molar-refractivity contribution in [3.05, 3.63) is 89.0 Å². The van der Waals surface area contributed by atoms with E-state index in [1.807, 2.05) is 17.0 Å². The minimum Gasteiger partial charge on any atom is -0.497 e. The van der Waals surface area contributed by atoms with Crippen molar-refractivity contribution < 1.29 is 17.9 Å². The number of hydrogen-bond donors (Lipinski definition) is 1. The summed E-state index contributed by atoms with van der Waals surface area (Å²) in [5.41, 5.74) is 4.12. The van der Waals surface area contributed by atoms with Gasteiger partial charge < -0.3 is 9.64 Å². The van der Waals surface area contributed by atoms with Crippen molar-refractivity contribution in [2.45, 2.75) is 24.8 Å². The number of sulfonamides is 1. The summed E-state index contributed by atoms with van der Waals surface area (Å²) in [6, 6.07) is 19.4. The fourth-order valence-electron chi connectivity index (χ4n) is 3.72. The lowest BCUT2D eigenvalue weighted by Crippen LogP contribution is -2.36. The zero-order chi connectivity index (χ0) is 22.0. The molecule has 0 saturated carbocycles. The Balaban J connectivity index is 1.51. The molecule has 0 fully saturated rings. The Bertz CT molecular complexity index is 1220. The van der Waals surface area contributed by atoms with Gasteiger partial charge in [-0.25, -0.2) is 8.42 Å². The lowest BCUT2D eigenvalue weighted by molar-refractivity contribution is 0.0734. The van der Waals surface area contributed by atoms with Crippen LogP contribution in [0.4, 0.5) is 5.69 Å². The summed E-state index contributed by atoms with van der Waals surface area (Å²) in [5, 5.41) is 0. The highest BCUT2D eigenvalue weighted by Crippen LogP contribution is 2.25. The van der Waals surface area contributed by atoms with E-state index in [2.05, 4.69) is 16.9 Å². The molecule has 3 aromatic rings. The number of carbonyl (C=O) groups is 1. The number of fused-ring (bicyclic) bond motifs is 1. The molecule has 0 spiro atoms. The van der Waals surface area contributed by atoms with E-state index in [0.29, 0.717) is 35.7 Å². The van der Waals surface area contributed by atoms with Gasteiger partial charge in [0.2, 0.25) is 0 Å². The second-order valence-corrected chi connectivity index (χ2v) is 9.24. The lowest BCUT2D eigenvalue weighted by atomic mass is 9.99. The van der Waals surface area contributed by atoms with Gasteiger partial charge in [-0.1, -0.05) is 24.3 Å². The van der Waals surface area contributed by atoms with Crippen LogP contribution in [0.25, 0.3) is 0 Å². The van der Waals surface area contributed by atoms with Crippen molar-refractivity contribution in [1.29, 1.82) is 0 Å². The van der Waals surface area contributed by atoms with E-state index in [0.717, 1.165) is 6.42 Å². The number of nitrogens with zero attached hydrogens (tertiary/aromatic N) is 1. The number of carbonyl (C=O) groups excluding carboxylic acids is 1. The summed E-state index contributed by atoms with van der Waals surface area (Å²) in [6.45, 7) is 3.04. The van der Waals surface area contributed by atoms with Gasteiger partial charge in [0, 0.05) is 18.7 Å². The zero-order valence-corrected chi connectivity index (χ0v) is 18.3. The van der Waals surface area contributed by atoms with Gasteiger partial charge in [-0.05, 0) is 72.5 Å². The molecule has 0 atom stereocenters. The van der Waals surface area contributed by atoms with Gasteiger partial charge in [-0.3, -0.25) is 9.52 Å². The Kier molecular flexibility index (Phi) is 5.69. The maximum Gasteiger partial charge on any atom is 0.261 e. The average Bonchev–Trinajstić information content (AvgIpc) is 2.79. The molecule has 160 valence electrons. The second-order valence-electron chi connectivity index (χ2n) is 7.56. The normalized spacial score (nSPS) is 13.4. The minimum atomic E-state index is -3.75. The van der Waals surface area contributed by atoms with Gasteiger partial charge in [0.15, 0.2) is 0 Å². The monoisotopic (exact) mass is 436 g/mol. The van der Waals surface area contributed by atoms with Crippen LogP contribution in [-0.2, 0) is 23.0 Å². The Morgan fingerprint density at radius 3 is 2.39 bits per heavy atom. The van der Waals surface area contributed by atoms with Crippen molar-refractivity contribution in [2.75, 3.05) is 18.4 Å². The van der Waals surface area contributed by atoms with E-state index < -0.39 is 10.0 Å². The number of aryl methyl sites for hydroxylation is 1. The van der Waals surface area contributed by atoms with Gasteiger partial charge in [-0.2, -0.15) is 0 Å². The molecule has 3 aromatic carbocycles. The second kappa shape index (κ2) is 8.43. The van der Waals surface area contributed by atoms with Gasteiger partial charge >= 0.3 is 0 Å². The molecule has 4 rings (SSSR count). The fraction of sp³-hybridized carbons (Fsp3) is 0.208. The third kappa shape index (κ3) is 4.41. The quantitative estimate of drug-likeness (QED) is 0.656. The number of methoxy groups -OCH3 is 1. The highest BCUT2D eigenvalue weighted by Gasteiger charge is 2.22. The van der Waals surface area contributed by atoms with Crippen LogP contribution in [0.3, 0.4) is 0 Å². The molecule has 0 saturated heterocycles. The van der Waals surface area contributed by atoms with E-state index in [1.165, 1.54) is 30.4 Å². The molecule has 0 radical (unpaired) electrons. The first-order valence-corrected chi connectivity index (χ1v) is 11.5. The smallest absolute Gasteiger partial charge is 0.261 e. The highest BCUT2D eigenvalue weighted by atomic mass is 32.2. The van der Waals surface area contributed by atoms with Crippen molar-refractivity contribution in [3.8, 4) is 5.75 Å². The Hall–Kier alpha value is -3.32. The topological polar surface area (TPSA) is 75.7 Å². The summed E-state index contributed by atoms with van der Waals surface area (Å²) in [7, 11) is -2.22. The molecule has 0 aromatic heterocycles. The van der Waals surface area contributed by atoms with Gasteiger partial charge in [0.05, 0.1) is 17.7 Å². The molecule has 0 aliphatic carbocycles.